The maximum atomic E-state index is 13.2. The fraction of sp³-hybridized carbons (Fsp3) is 0.429. The van der Waals surface area contributed by atoms with Crippen molar-refractivity contribution < 1.29 is 29.2 Å². The van der Waals surface area contributed by atoms with E-state index in [9.17, 15) is 29.6 Å². The number of hydrogen-bond acceptors (Lipinski definition) is 7. The molecule has 10 heteroatoms. The summed E-state index contributed by atoms with van der Waals surface area (Å²) in [5.41, 5.74) is 0.882. The third-order valence-corrected chi connectivity index (χ3v) is 5.19. The van der Waals surface area contributed by atoms with Gasteiger partial charge in [-0.25, -0.2) is 4.79 Å². The Labute approximate surface area is 179 Å². The van der Waals surface area contributed by atoms with Crippen molar-refractivity contribution in [1.82, 2.24) is 5.32 Å². The lowest BCUT2D eigenvalue weighted by Gasteiger charge is -2.32. The molecule has 0 aliphatic carbocycles. The number of esters is 1. The minimum atomic E-state index is -1.20. The van der Waals surface area contributed by atoms with Gasteiger partial charge in [0.05, 0.1) is 12.0 Å². The molecular formula is C21H25N3O7. The zero-order valence-corrected chi connectivity index (χ0v) is 17.9. The molecule has 31 heavy (non-hydrogen) atoms. The van der Waals surface area contributed by atoms with E-state index in [-0.39, 0.29) is 11.3 Å². The summed E-state index contributed by atoms with van der Waals surface area (Å²) >= 11 is 0. The molecule has 0 radical (unpaired) electrons. The number of nitrogens with zero attached hydrogens (tertiary/aromatic N) is 2. The van der Waals surface area contributed by atoms with Crippen LogP contribution >= 0.6 is 0 Å². The fourth-order valence-corrected chi connectivity index (χ4v) is 3.69. The van der Waals surface area contributed by atoms with E-state index in [4.69, 9.17) is 4.74 Å². The van der Waals surface area contributed by atoms with E-state index in [1.54, 1.807) is 33.8 Å². The van der Waals surface area contributed by atoms with Crippen LogP contribution in [0.15, 0.2) is 40.5 Å². The van der Waals surface area contributed by atoms with Crippen molar-refractivity contribution in [3.8, 4) is 0 Å². The summed E-state index contributed by atoms with van der Waals surface area (Å²) in [6.07, 6.45) is 0. The predicted molar refractivity (Wildman–Crippen MR) is 112 cm³/mol. The number of aliphatic imine (C=N–C) groups is 1. The Morgan fingerprint density at radius 1 is 1.26 bits per heavy atom. The SMILES string of the molecule is COC(=O)C1C(C)=NC(C)=C(C(=O)N[C@@H](C(=O)O)C(C)C)[C@@H]1c1cccc([N+](=O)[O-])c1. The number of carboxylic acid groups (broad SMARTS) is 1. The highest BCUT2D eigenvalue weighted by Crippen LogP contribution is 2.40. The van der Waals surface area contributed by atoms with Crippen molar-refractivity contribution >= 4 is 29.2 Å². The second-order valence-corrected chi connectivity index (χ2v) is 7.62. The Kier molecular flexibility index (Phi) is 7.27. The van der Waals surface area contributed by atoms with E-state index in [0.29, 0.717) is 17.0 Å². The van der Waals surface area contributed by atoms with E-state index in [0.717, 1.165) is 0 Å². The number of allylic oxidation sites excluding steroid dienone is 1. The Balaban J connectivity index is 2.66. The highest BCUT2D eigenvalue weighted by molar-refractivity contribution is 6.08. The first-order valence-electron chi connectivity index (χ1n) is 9.61. The molecule has 3 atom stereocenters. The smallest absolute Gasteiger partial charge is 0.326 e. The zero-order valence-electron chi connectivity index (χ0n) is 17.9. The van der Waals surface area contributed by atoms with Gasteiger partial charge in [-0.3, -0.25) is 24.7 Å². The maximum Gasteiger partial charge on any atom is 0.326 e. The molecule has 0 aromatic heterocycles. The Morgan fingerprint density at radius 2 is 1.90 bits per heavy atom. The molecule has 1 aromatic carbocycles. The number of carboxylic acids is 1. The number of aliphatic carboxylic acids is 1. The molecule has 2 N–H and O–H groups in total. The largest absolute Gasteiger partial charge is 0.480 e. The number of benzene rings is 1. The van der Waals surface area contributed by atoms with Crippen LogP contribution in [-0.2, 0) is 19.1 Å². The molecule has 0 fully saturated rings. The van der Waals surface area contributed by atoms with Crippen LogP contribution in [-0.4, -0.2) is 46.7 Å². The number of nitro benzene ring substituents is 1. The van der Waals surface area contributed by atoms with E-state index < -0.39 is 46.6 Å². The van der Waals surface area contributed by atoms with Gasteiger partial charge in [-0.2, -0.15) is 0 Å². The van der Waals surface area contributed by atoms with Crippen LogP contribution in [0.4, 0.5) is 5.69 Å². The van der Waals surface area contributed by atoms with E-state index in [2.05, 4.69) is 10.3 Å². The Bertz CT molecular complexity index is 981. The topological polar surface area (TPSA) is 148 Å². The van der Waals surface area contributed by atoms with E-state index in [1.807, 2.05) is 0 Å². The predicted octanol–water partition coefficient (Wildman–Crippen LogP) is 2.44. The zero-order chi connectivity index (χ0) is 23.5. The molecule has 166 valence electrons. The summed E-state index contributed by atoms with van der Waals surface area (Å²) in [5.74, 6) is -4.91. The molecular weight excluding hydrogens is 406 g/mol. The van der Waals surface area contributed by atoms with Gasteiger partial charge >= 0.3 is 11.9 Å². The highest BCUT2D eigenvalue weighted by Gasteiger charge is 2.42. The molecule has 0 saturated carbocycles. The lowest BCUT2D eigenvalue weighted by Crippen LogP contribution is -2.47. The number of nitro groups is 1. The van der Waals surface area contributed by atoms with Gasteiger partial charge in [0.25, 0.3) is 5.69 Å². The molecule has 10 nitrogen and oxygen atoms in total. The lowest BCUT2D eigenvalue weighted by atomic mass is 9.75. The molecule has 0 bridgehead atoms. The first-order valence-corrected chi connectivity index (χ1v) is 9.61. The van der Waals surface area contributed by atoms with Crippen LogP contribution in [0, 0.1) is 22.0 Å². The quantitative estimate of drug-likeness (QED) is 0.383. The summed E-state index contributed by atoms with van der Waals surface area (Å²) in [6.45, 7) is 6.48. The van der Waals surface area contributed by atoms with Gasteiger partial charge in [-0.1, -0.05) is 26.0 Å². The normalized spacial score (nSPS) is 19.5. The van der Waals surface area contributed by atoms with Crippen molar-refractivity contribution in [2.45, 2.75) is 39.7 Å². The van der Waals surface area contributed by atoms with Gasteiger partial charge in [0.15, 0.2) is 0 Å². The molecule has 1 aliphatic rings. The summed E-state index contributed by atoms with van der Waals surface area (Å²) in [5, 5.41) is 23.2. The minimum Gasteiger partial charge on any atom is -0.480 e. The number of nitrogens with one attached hydrogen (secondary N) is 1. The second kappa shape index (κ2) is 9.50. The maximum absolute atomic E-state index is 13.2. The Hall–Kier alpha value is -3.56. The van der Waals surface area contributed by atoms with Gasteiger partial charge in [-0.15, -0.1) is 0 Å². The molecule has 0 spiro atoms. The molecule has 1 heterocycles. The highest BCUT2D eigenvalue weighted by atomic mass is 16.6. The lowest BCUT2D eigenvalue weighted by molar-refractivity contribution is -0.384. The summed E-state index contributed by atoms with van der Waals surface area (Å²) < 4.78 is 4.91. The van der Waals surface area contributed by atoms with Crippen LogP contribution in [0.1, 0.15) is 39.2 Å². The third kappa shape index (κ3) is 4.96. The molecule has 1 unspecified atom stereocenters. The number of carbonyl (C=O) groups is 3. The van der Waals surface area contributed by atoms with Crippen molar-refractivity contribution in [1.29, 1.82) is 0 Å². The monoisotopic (exact) mass is 431 g/mol. The number of non-ortho nitro benzene ring substituents is 1. The van der Waals surface area contributed by atoms with Crippen LogP contribution in [0.2, 0.25) is 0 Å². The molecule has 2 rings (SSSR count). The van der Waals surface area contributed by atoms with Crippen LogP contribution in [0.3, 0.4) is 0 Å². The minimum absolute atomic E-state index is 0.0633. The van der Waals surface area contributed by atoms with Crippen LogP contribution < -0.4 is 5.32 Å². The fourth-order valence-electron chi connectivity index (χ4n) is 3.69. The summed E-state index contributed by atoms with van der Waals surface area (Å²) in [7, 11) is 1.20. The first-order chi connectivity index (χ1) is 14.5. The number of amides is 1. The van der Waals surface area contributed by atoms with Crippen molar-refractivity contribution in [3.05, 3.63) is 51.2 Å². The number of methoxy groups -OCH3 is 1. The van der Waals surface area contributed by atoms with Gasteiger partial charge in [0.2, 0.25) is 5.91 Å². The van der Waals surface area contributed by atoms with Crippen molar-refractivity contribution in [3.63, 3.8) is 0 Å². The number of ether oxygens (including phenoxy) is 1. The van der Waals surface area contributed by atoms with E-state index >= 15 is 0 Å². The first kappa shape index (κ1) is 23.7. The standard InChI is InChI=1S/C21H25N3O7/c1-10(2)18(20(26)27)23-19(25)15-11(3)22-12(4)16(21(28)31-5)17(15)13-7-6-8-14(9-13)24(29)30/h6-10,16-18H,1-5H3,(H,23,25)(H,26,27)/t16?,17-,18+/m0/s1. The van der Waals surface area contributed by atoms with Gasteiger partial charge in [0.1, 0.15) is 12.0 Å². The van der Waals surface area contributed by atoms with E-state index in [1.165, 1.54) is 25.3 Å². The van der Waals surface area contributed by atoms with Gasteiger partial charge < -0.3 is 15.2 Å². The molecule has 1 amide bonds. The average Bonchev–Trinajstić information content (AvgIpc) is 2.70. The van der Waals surface area contributed by atoms with Crippen molar-refractivity contribution in [2.75, 3.05) is 7.11 Å². The number of hydrogen-bond donors (Lipinski definition) is 2. The molecule has 0 saturated heterocycles. The third-order valence-electron chi connectivity index (χ3n) is 5.19. The molecule has 1 aliphatic heterocycles. The summed E-state index contributed by atoms with van der Waals surface area (Å²) in [6, 6.07) is 4.46. The molecule has 1 aromatic rings. The second-order valence-electron chi connectivity index (χ2n) is 7.62. The summed E-state index contributed by atoms with van der Waals surface area (Å²) in [4.78, 5) is 52.4. The van der Waals surface area contributed by atoms with Crippen LogP contribution in [0.5, 0.6) is 0 Å². The van der Waals surface area contributed by atoms with Gasteiger partial charge in [-0.05, 0) is 25.3 Å². The van der Waals surface area contributed by atoms with Crippen molar-refractivity contribution in [2.24, 2.45) is 16.8 Å². The average molecular weight is 431 g/mol. The van der Waals surface area contributed by atoms with Crippen LogP contribution in [0.25, 0.3) is 0 Å². The number of carbonyl (C=O) groups excluding carboxylic acids is 2. The Morgan fingerprint density at radius 3 is 2.42 bits per heavy atom. The van der Waals surface area contributed by atoms with Gasteiger partial charge in [0, 0.05) is 35.0 Å². The number of rotatable bonds is 7.